The topological polar surface area (TPSA) is 0 Å². The van der Waals surface area contributed by atoms with Crippen molar-refractivity contribution in [3.63, 3.8) is 0 Å². The van der Waals surface area contributed by atoms with Gasteiger partial charge in [-0.2, -0.15) is 0 Å². The molecule has 0 heterocycles. The normalized spacial score (nSPS) is 38.2. The van der Waals surface area contributed by atoms with Crippen molar-refractivity contribution in [1.82, 2.24) is 0 Å². The van der Waals surface area contributed by atoms with Crippen LogP contribution in [0.5, 0.6) is 0 Å². The van der Waals surface area contributed by atoms with Crippen LogP contribution < -0.4 is 0 Å². The monoisotopic (exact) mass is 162 g/mol. The lowest BCUT2D eigenvalue weighted by molar-refractivity contribution is 0.296. The predicted molar refractivity (Wildman–Crippen MR) is 53.0 cm³/mol. The van der Waals surface area contributed by atoms with Gasteiger partial charge in [0, 0.05) is 0 Å². The first-order valence-electron chi connectivity index (χ1n) is 5.22. The quantitative estimate of drug-likeness (QED) is 0.476. The van der Waals surface area contributed by atoms with Crippen LogP contribution in [-0.4, -0.2) is 0 Å². The van der Waals surface area contributed by atoms with E-state index in [1.54, 1.807) is 5.57 Å². The summed E-state index contributed by atoms with van der Waals surface area (Å²) in [5.74, 6) is 1.89. The standard InChI is InChI=1S/C12H18/c1-2-10-7-5-8-11-6-3-4-9-12(10)11/h2-4,11-12H,5-9H2,1H3. The maximum Gasteiger partial charge on any atom is -0.0137 e. The molecule has 0 aliphatic heterocycles. The van der Waals surface area contributed by atoms with Crippen molar-refractivity contribution >= 4 is 0 Å². The Bertz CT molecular complexity index is 210. The molecular formula is C12H18. The Morgan fingerprint density at radius 2 is 2.17 bits per heavy atom. The van der Waals surface area contributed by atoms with E-state index in [2.05, 4.69) is 25.2 Å². The average Bonchev–Trinajstić information content (AvgIpc) is 2.17. The van der Waals surface area contributed by atoms with Crippen molar-refractivity contribution in [2.75, 3.05) is 0 Å². The smallest absolute Gasteiger partial charge is 0.0137 e. The van der Waals surface area contributed by atoms with Gasteiger partial charge in [-0.25, -0.2) is 0 Å². The predicted octanol–water partition coefficient (Wildman–Crippen LogP) is 3.70. The van der Waals surface area contributed by atoms with Crippen LogP contribution >= 0.6 is 0 Å². The highest BCUT2D eigenvalue weighted by Gasteiger charge is 2.28. The lowest BCUT2D eigenvalue weighted by atomic mass is 9.70. The highest BCUT2D eigenvalue weighted by Crippen LogP contribution is 2.40. The zero-order chi connectivity index (χ0) is 8.39. The molecule has 2 aliphatic carbocycles. The second-order valence-electron chi connectivity index (χ2n) is 4.07. The lowest BCUT2D eigenvalue weighted by Gasteiger charge is -2.35. The Morgan fingerprint density at radius 1 is 1.33 bits per heavy atom. The van der Waals surface area contributed by atoms with Gasteiger partial charge in [0.2, 0.25) is 0 Å². The van der Waals surface area contributed by atoms with E-state index in [0.29, 0.717) is 0 Å². The summed E-state index contributed by atoms with van der Waals surface area (Å²) in [6.45, 7) is 2.20. The molecule has 2 unspecified atom stereocenters. The van der Waals surface area contributed by atoms with E-state index in [-0.39, 0.29) is 0 Å². The van der Waals surface area contributed by atoms with Gasteiger partial charge in [0.15, 0.2) is 0 Å². The highest BCUT2D eigenvalue weighted by molar-refractivity contribution is 5.14. The third-order valence-corrected chi connectivity index (χ3v) is 3.45. The minimum atomic E-state index is 0.911. The maximum absolute atomic E-state index is 2.37. The Balaban J connectivity index is 2.16. The summed E-state index contributed by atoms with van der Waals surface area (Å²) in [4.78, 5) is 0. The van der Waals surface area contributed by atoms with Gasteiger partial charge < -0.3 is 0 Å². The zero-order valence-corrected chi connectivity index (χ0v) is 7.92. The van der Waals surface area contributed by atoms with Crippen molar-refractivity contribution < 1.29 is 0 Å². The summed E-state index contributed by atoms with van der Waals surface area (Å²) in [5.41, 5.74) is 1.73. The van der Waals surface area contributed by atoms with E-state index < -0.39 is 0 Å². The molecule has 0 spiro atoms. The van der Waals surface area contributed by atoms with Crippen molar-refractivity contribution in [3.8, 4) is 0 Å². The van der Waals surface area contributed by atoms with Gasteiger partial charge in [0.1, 0.15) is 0 Å². The van der Waals surface area contributed by atoms with Crippen molar-refractivity contribution in [1.29, 1.82) is 0 Å². The van der Waals surface area contributed by atoms with Gasteiger partial charge in [-0.3, -0.25) is 0 Å². The van der Waals surface area contributed by atoms with E-state index in [4.69, 9.17) is 0 Å². The summed E-state index contributed by atoms with van der Waals surface area (Å²) in [6, 6.07) is 0. The Hall–Kier alpha value is -0.520. The number of rotatable bonds is 0. The minimum Gasteiger partial charge on any atom is -0.0882 e. The molecule has 1 saturated carbocycles. The maximum atomic E-state index is 2.37. The second-order valence-corrected chi connectivity index (χ2v) is 4.07. The minimum absolute atomic E-state index is 0.911. The zero-order valence-electron chi connectivity index (χ0n) is 7.92. The largest absolute Gasteiger partial charge is 0.0882 e. The van der Waals surface area contributed by atoms with Gasteiger partial charge in [-0.1, -0.05) is 23.8 Å². The van der Waals surface area contributed by atoms with Gasteiger partial charge >= 0.3 is 0 Å². The molecule has 0 N–H and O–H groups in total. The molecule has 0 heteroatoms. The Kier molecular flexibility index (Phi) is 2.34. The van der Waals surface area contributed by atoms with E-state index in [0.717, 1.165) is 11.8 Å². The van der Waals surface area contributed by atoms with E-state index >= 15 is 0 Å². The average molecular weight is 162 g/mol. The molecule has 12 heavy (non-hydrogen) atoms. The number of hydrogen-bond donors (Lipinski definition) is 0. The molecule has 0 saturated heterocycles. The summed E-state index contributed by atoms with van der Waals surface area (Å²) < 4.78 is 0. The first-order valence-corrected chi connectivity index (χ1v) is 5.22. The first-order chi connectivity index (χ1) is 5.92. The van der Waals surface area contributed by atoms with Crippen LogP contribution in [0.15, 0.2) is 23.8 Å². The number of allylic oxidation sites excluding steroid dienone is 4. The highest BCUT2D eigenvalue weighted by atomic mass is 14.3. The fraction of sp³-hybridized carbons (Fsp3) is 0.667. The van der Waals surface area contributed by atoms with Crippen molar-refractivity contribution in [2.24, 2.45) is 11.8 Å². The number of hydrogen-bond acceptors (Lipinski definition) is 0. The van der Waals surface area contributed by atoms with Crippen LogP contribution in [0.1, 0.15) is 39.0 Å². The van der Waals surface area contributed by atoms with Crippen LogP contribution in [0.25, 0.3) is 0 Å². The summed E-state index contributed by atoms with van der Waals surface area (Å²) >= 11 is 0. The van der Waals surface area contributed by atoms with Gasteiger partial charge in [0.05, 0.1) is 0 Å². The van der Waals surface area contributed by atoms with Crippen LogP contribution in [0.3, 0.4) is 0 Å². The van der Waals surface area contributed by atoms with Crippen LogP contribution in [0.4, 0.5) is 0 Å². The molecule has 2 atom stereocenters. The summed E-state index contributed by atoms with van der Waals surface area (Å²) in [6.07, 6.45) is 14.0. The van der Waals surface area contributed by atoms with Gasteiger partial charge in [0.25, 0.3) is 0 Å². The summed E-state index contributed by atoms with van der Waals surface area (Å²) in [7, 11) is 0. The van der Waals surface area contributed by atoms with Crippen LogP contribution in [-0.2, 0) is 0 Å². The fourth-order valence-electron chi connectivity index (χ4n) is 2.76. The molecule has 2 rings (SSSR count). The molecule has 0 aromatic heterocycles. The molecule has 0 nitrogen and oxygen atoms in total. The second kappa shape index (κ2) is 3.47. The van der Waals surface area contributed by atoms with E-state index in [1.807, 2.05) is 0 Å². The lowest BCUT2D eigenvalue weighted by Crippen LogP contribution is -2.23. The summed E-state index contributed by atoms with van der Waals surface area (Å²) in [5, 5.41) is 0. The molecule has 0 amide bonds. The molecule has 0 aromatic carbocycles. The third-order valence-electron chi connectivity index (χ3n) is 3.45. The Labute approximate surface area is 75.4 Å². The molecule has 2 aliphatic rings. The molecule has 1 fully saturated rings. The first kappa shape index (κ1) is 8.10. The van der Waals surface area contributed by atoms with E-state index in [1.165, 1.54) is 32.1 Å². The third kappa shape index (κ3) is 1.35. The molecule has 0 bridgehead atoms. The Morgan fingerprint density at radius 3 is 3.00 bits per heavy atom. The van der Waals surface area contributed by atoms with Gasteiger partial charge in [-0.05, 0) is 50.9 Å². The molecular weight excluding hydrogens is 144 g/mol. The molecule has 66 valence electrons. The SMILES string of the molecule is CC=C1CCCC2CC=CCC12. The van der Waals surface area contributed by atoms with E-state index in [9.17, 15) is 0 Å². The molecule has 0 radical (unpaired) electrons. The molecule has 0 aromatic rings. The van der Waals surface area contributed by atoms with Crippen molar-refractivity contribution in [2.45, 2.75) is 39.0 Å². The van der Waals surface area contributed by atoms with Crippen molar-refractivity contribution in [3.05, 3.63) is 23.8 Å². The number of fused-ring (bicyclic) bond motifs is 1. The van der Waals surface area contributed by atoms with Gasteiger partial charge in [-0.15, -0.1) is 0 Å². The van der Waals surface area contributed by atoms with Crippen LogP contribution in [0.2, 0.25) is 0 Å². The van der Waals surface area contributed by atoms with Crippen LogP contribution in [0, 0.1) is 11.8 Å². The fourth-order valence-corrected chi connectivity index (χ4v) is 2.76.